The van der Waals surface area contributed by atoms with Crippen molar-refractivity contribution in [2.24, 2.45) is 5.10 Å². The smallest absolute Gasteiger partial charge is 0.0831 e. The Morgan fingerprint density at radius 3 is 2.04 bits per heavy atom. The van der Waals surface area contributed by atoms with E-state index in [1.807, 2.05) is 0 Å². The highest BCUT2D eigenvalue weighted by molar-refractivity contribution is 9.10. The van der Waals surface area contributed by atoms with E-state index in [0.29, 0.717) is 0 Å². The molecule has 142 valence electrons. The van der Waals surface area contributed by atoms with Crippen LogP contribution >= 0.6 is 15.9 Å². The van der Waals surface area contributed by atoms with Gasteiger partial charge < -0.3 is 0 Å². The first-order valence-electron chi connectivity index (χ1n) is 9.69. The first-order valence-corrected chi connectivity index (χ1v) is 10.5. The van der Waals surface area contributed by atoms with Crippen LogP contribution in [0.4, 0.5) is 5.69 Å². The second kappa shape index (κ2) is 7.56. The molecule has 0 aliphatic carbocycles. The molecule has 0 bridgehead atoms. The second-order valence-corrected chi connectivity index (χ2v) is 8.69. The molecule has 1 aliphatic heterocycles. The molecule has 0 fully saturated rings. The quantitative estimate of drug-likeness (QED) is 0.433. The molecule has 0 saturated heterocycles. The number of hydrogen-bond acceptors (Lipinski definition) is 2. The molecular formula is C25H25BrN2. The zero-order chi connectivity index (χ0) is 19.8. The highest BCUT2D eigenvalue weighted by Crippen LogP contribution is 2.38. The van der Waals surface area contributed by atoms with Crippen LogP contribution in [0.3, 0.4) is 0 Å². The SMILES string of the molecule is Cc1ccc(N2N=C(c3c(C)cc(C)cc3C)C[C@H]2c2ccc(Br)cc2)cc1. The molecule has 0 radical (unpaired) electrons. The van der Waals surface area contributed by atoms with Crippen LogP contribution in [0.5, 0.6) is 0 Å². The first kappa shape index (κ1) is 18.9. The van der Waals surface area contributed by atoms with E-state index in [9.17, 15) is 0 Å². The predicted molar refractivity (Wildman–Crippen MR) is 122 cm³/mol. The van der Waals surface area contributed by atoms with E-state index in [0.717, 1.165) is 16.6 Å². The van der Waals surface area contributed by atoms with Gasteiger partial charge in [-0.05, 0) is 68.7 Å². The Morgan fingerprint density at radius 1 is 0.821 bits per heavy atom. The number of hydrogen-bond donors (Lipinski definition) is 0. The van der Waals surface area contributed by atoms with Gasteiger partial charge in [-0.1, -0.05) is 63.5 Å². The third kappa shape index (κ3) is 3.64. The maximum absolute atomic E-state index is 5.13. The maximum Gasteiger partial charge on any atom is 0.0831 e. The molecule has 1 heterocycles. The molecule has 1 aliphatic rings. The summed E-state index contributed by atoms with van der Waals surface area (Å²) >= 11 is 3.55. The Bertz CT molecular complexity index is 1010. The van der Waals surface area contributed by atoms with Gasteiger partial charge in [0.1, 0.15) is 0 Å². The minimum Gasteiger partial charge on any atom is -0.257 e. The monoisotopic (exact) mass is 432 g/mol. The lowest BCUT2D eigenvalue weighted by atomic mass is 9.92. The van der Waals surface area contributed by atoms with Gasteiger partial charge in [-0.2, -0.15) is 5.10 Å². The van der Waals surface area contributed by atoms with Crippen molar-refractivity contribution in [1.82, 2.24) is 0 Å². The van der Waals surface area contributed by atoms with Gasteiger partial charge in [0.25, 0.3) is 0 Å². The molecule has 28 heavy (non-hydrogen) atoms. The summed E-state index contributed by atoms with van der Waals surface area (Å²) in [6.07, 6.45) is 0.903. The van der Waals surface area contributed by atoms with Crippen molar-refractivity contribution >= 4 is 27.3 Å². The zero-order valence-corrected chi connectivity index (χ0v) is 18.4. The van der Waals surface area contributed by atoms with Gasteiger partial charge in [0.05, 0.1) is 17.4 Å². The number of aryl methyl sites for hydroxylation is 4. The fourth-order valence-corrected chi connectivity index (χ4v) is 4.44. The van der Waals surface area contributed by atoms with E-state index in [1.165, 1.54) is 39.1 Å². The molecule has 4 rings (SSSR count). The van der Waals surface area contributed by atoms with Crippen molar-refractivity contribution in [3.63, 3.8) is 0 Å². The molecule has 3 aromatic rings. The number of benzene rings is 3. The lowest BCUT2D eigenvalue weighted by molar-refractivity contribution is 0.708. The van der Waals surface area contributed by atoms with E-state index in [2.05, 4.69) is 109 Å². The summed E-state index contributed by atoms with van der Waals surface area (Å²) in [5, 5.41) is 7.32. The molecule has 0 amide bonds. The van der Waals surface area contributed by atoms with E-state index in [1.54, 1.807) is 0 Å². The van der Waals surface area contributed by atoms with E-state index in [-0.39, 0.29) is 6.04 Å². The topological polar surface area (TPSA) is 15.6 Å². The molecule has 0 aromatic heterocycles. The van der Waals surface area contributed by atoms with Crippen LogP contribution in [0.2, 0.25) is 0 Å². The summed E-state index contributed by atoms with van der Waals surface area (Å²) in [6.45, 7) is 8.67. The number of nitrogens with zero attached hydrogens (tertiary/aromatic N) is 2. The van der Waals surface area contributed by atoms with Gasteiger partial charge in [0, 0.05) is 16.5 Å². The molecular weight excluding hydrogens is 408 g/mol. The van der Waals surface area contributed by atoms with E-state index in [4.69, 9.17) is 5.10 Å². The second-order valence-electron chi connectivity index (χ2n) is 7.77. The van der Waals surface area contributed by atoms with Gasteiger partial charge in [-0.3, -0.25) is 5.01 Å². The Kier molecular flexibility index (Phi) is 5.11. The van der Waals surface area contributed by atoms with Gasteiger partial charge in [-0.15, -0.1) is 0 Å². The average molecular weight is 433 g/mol. The highest BCUT2D eigenvalue weighted by atomic mass is 79.9. The fourth-order valence-electron chi connectivity index (χ4n) is 4.18. The van der Waals surface area contributed by atoms with Crippen molar-refractivity contribution in [1.29, 1.82) is 0 Å². The minimum atomic E-state index is 0.200. The lowest BCUT2D eigenvalue weighted by Gasteiger charge is -2.24. The summed E-state index contributed by atoms with van der Waals surface area (Å²) in [4.78, 5) is 0. The zero-order valence-electron chi connectivity index (χ0n) is 16.8. The summed E-state index contributed by atoms with van der Waals surface area (Å²) in [7, 11) is 0. The van der Waals surface area contributed by atoms with Gasteiger partial charge >= 0.3 is 0 Å². The van der Waals surface area contributed by atoms with Crippen LogP contribution in [0, 0.1) is 27.7 Å². The van der Waals surface area contributed by atoms with Crippen molar-refractivity contribution in [2.75, 3.05) is 5.01 Å². The molecule has 2 nitrogen and oxygen atoms in total. The third-order valence-electron chi connectivity index (χ3n) is 5.43. The molecule has 3 heteroatoms. The Morgan fingerprint density at radius 2 is 1.43 bits per heavy atom. The van der Waals surface area contributed by atoms with E-state index >= 15 is 0 Å². The predicted octanol–water partition coefficient (Wildman–Crippen LogP) is 7.04. The Balaban J connectivity index is 1.80. The normalized spacial score (nSPS) is 16.4. The van der Waals surface area contributed by atoms with Crippen LogP contribution in [-0.4, -0.2) is 5.71 Å². The van der Waals surface area contributed by atoms with Crippen molar-refractivity contribution in [3.05, 3.63) is 98.5 Å². The van der Waals surface area contributed by atoms with Crippen LogP contribution in [0.1, 0.15) is 45.8 Å². The van der Waals surface area contributed by atoms with Crippen LogP contribution < -0.4 is 5.01 Å². The summed E-state index contributed by atoms with van der Waals surface area (Å²) in [5.41, 5.74) is 10.1. The third-order valence-corrected chi connectivity index (χ3v) is 5.96. The number of rotatable bonds is 3. The Hall–Kier alpha value is -2.39. The van der Waals surface area contributed by atoms with Crippen LogP contribution in [0.25, 0.3) is 0 Å². The van der Waals surface area contributed by atoms with Crippen LogP contribution in [0.15, 0.2) is 70.2 Å². The van der Waals surface area contributed by atoms with Gasteiger partial charge in [-0.25, -0.2) is 0 Å². The summed E-state index contributed by atoms with van der Waals surface area (Å²) < 4.78 is 1.10. The minimum absolute atomic E-state index is 0.200. The summed E-state index contributed by atoms with van der Waals surface area (Å²) in [5.74, 6) is 0. The highest BCUT2D eigenvalue weighted by Gasteiger charge is 2.31. The summed E-state index contributed by atoms with van der Waals surface area (Å²) in [6, 6.07) is 22.0. The Labute approximate surface area is 176 Å². The van der Waals surface area contributed by atoms with Gasteiger partial charge in [0.15, 0.2) is 0 Å². The average Bonchev–Trinajstić information content (AvgIpc) is 3.07. The first-order chi connectivity index (χ1) is 13.4. The van der Waals surface area contributed by atoms with E-state index < -0.39 is 0 Å². The molecule has 3 aromatic carbocycles. The van der Waals surface area contributed by atoms with Crippen LogP contribution in [-0.2, 0) is 0 Å². The fraction of sp³-hybridized carbons (Fsp3) is 0.240. The molecule has 0 saturated carbocycles. The van der Waals surface area contributed by atoms with Crippen molar-refractivity contribution < 1.29 is 0 Å². The largest absolute Gasteiger partial charge is 0.257 e. The standard InChI is InChI=1S/C25H25BrN2/c1-16-5-11-22(12-6-16)28-24(20-7-9-21(26)10-8-20)15-23(27-28)25-18(3)13-17(2)14-19(25)4/h5-14,24H,15H2,1-4H3/t24-/m0/s1. The molecule has 1 atom stereocenters. The molecule has 0 N–H and O–H groups in total. The van der Waals surface area contributed by atoms with Gasteiger partial charge in [0.2, 0.25) is 0 Å². The van der Waals surface area contributed by atoms with Crippen molar-refractivity contribution in [3.8, 4) is 0 Å². The lowest BCUT2D eigenvalue weighted by Crippen LogP contribution is -2.18. The molecule has 0 unspecified atom stereocenters. The maximum atomic E-state index is 5.13. The van der Waals surface area contributed by atoms with Crippen molar-refractivity contribution in [2.45, 2.75) is 40.2 Å². The number of halogens is 1. The molecule has 0 spiro atoms. The number of anilines is 1. The number of hydrazone groups is 1.